The molecule has 126 valence electrons. The van der Waals surface area contributed by atoms with Crippen LogP contribution in [0, 0.1) is 5.92 Å². The van der Waals surface area contributed by atoms with E-state index in [-0.39, 0.29) is 18.2 Å². The fraction of sp³-hybridized carbons (Fsp3) is 0.933. The van der Waals surface area contributed by atoms with Crippen molar-refractivity contribution in [2.45, 2.75) is 56.3 Å². The van der Waals surface area contributed by atoms with Crippen LogP contribution in [0.15, 0.2) is 0 Å². The summed E-state index contributed by atoms with van der Waals surface area (Å²) in [5.41, 5.74) is -0.504. The maximum atomic E-state index is 12.8. The van der Waals surface area contributed by atoms with E-state index in [0.29, 0.717) is 45.4 Å². The molecule has 3 rings (SSSR count). The molecule has 2 aliphatic heterocycles. The number of halogens is 2. The minimum absolute atomic E-state index is 0.0943. The van der Waals surface area contributed by atoms with E-state index in [9.17, 15) is 13.6 Å². The maximum absolute atomic E-state index is 12.8. The van der Waals surface area contributed by atoms with Gasteiger partial charge in [0.2, 0.25) is 6.43 Å². The van der Waals surface area contributed by atoms with E-state index < -0.39 is 17.9 Å². The van der Waals surface area contributed by atoms with Crippen molar-refractivity contribution in [2.75, 3.05) is 26.8 Å². The zero-order valence-electron chi connectivity index (χ0n) is 12.9. The Labute approximate surface area is 129 Å². The molecule has 2 bridgehead atoms. The average molecular weight is 318 g/mol. The number of ether oxygens (including phenoxy) is 2. The van der Waals surface area contributed by atoms with Gasteiger partial charge >= 0.3 is 6.03 Å². The van der Waals surface area contributed by atoms with Gasteiger partial charge in [-0.15, -0.1) is 0 Å². The van der Waals surface area contributed by atoms with E-state index in [1.54, 1.807) is 7.11 Å². The fourth-order valence-electron chi connectivity index (χ4n) is 3.86. The molecule has 1 saturated carbocycles. The second-order valence-electron chi connectivity index (χ2n) is 6.71. The van der Waals surface area contributed by atoms with Crippen molar-refractivity contribution in [3.8, 4) is 0 Å². The van der Waals surface area contributed by atoms with Crippen molar-refractivity contribution in [3.63, 3.8) is 0 Å². The molecule has 0 unspecified atom stereocenters. The molecule has 3 fully saturated rings. The molecule has 0 radical (unpaired) electrons. The number of urea groups is 1. The molecule has 0 spiro atoms. The number of amides is 2. The van der Waals surface area contributed by atoms with Gasteiger partial charge in [-0.25, -0.2) is 13.6 Å². The van der Waals surface area contributed by atoms with Crippen molar-refractivity contribution in [2.24, 2.45) is 5.92 Å². The van der Waals surface area contributed by atoms with Gasteiger partial charge in [0, 0.05) is 26.1 Å². The number of hydrogen-bond donors (Lipinski definition) is 1. The molecular formula is C15H24F2N2O3. The van der Waals surface area contributed by atoms with Gasteiger partial charge in [0.15, 0.2) is 0 Å². The minimum atomic E-state index is -2.26. The summed E-state index contributed by atoms with van der Waals surface area (Å²) in [7, 11) is 1.60. The van der Waals surface area contributed by atoms with E-state index in [0.717, 1.165) is 6.42 Å². The first-order valence-electron chi connectivity index (χ1n) is 8.02. The van der Waals surface area contributed by atoms with Crippen LogP contribution in [0.3, 0.4) is 0 Å². The van der Waals surface area contributed by atoms with Crippen LogP contribution in [0.2, 0.25) is 0 Å². The highest BCUT2D eigenvalue weighted by Gasteiger charge is 2.43. The molecular weight excluding hydrogens is 294 g/mol. The smallest absolute Gasteiger partial charge is 0.317 e. The second-order valence-corrected chi connectivity index (χ2v) is 6.71. The second kappa shape index (κ2) is 6.28. The first-order chi connectivity index (χ1) is 10.5. The Morgan fingerprint density at radius 3 is 2.68 bits per heavy atom. The van der Waals surface area contributed by atoms with Crippen molar-refractivity contribution in [1.82, 2.24) is 10.2 Å². The van der Waals surface area contributed by atoms with Crippen LogP contribution in [0.1, 0.15) is 32.1 Å². The van der Waals surface area contributed by atoms with Gasteiger partial charge in [-0.3, -0.25) is 0 Å². The van der Waals surface area contributed by atoms with Crippen molar-refractivity contribution >= 4 is 6.03 Å². The van der Waals surface area contributed by atoms with Crippen molar-refractivity contribution in [1.29, 1.82) is 0 Å². The Kier molecular flexibility index (Phi) is 4.54. The van der Waals surface area contributed by atoms with Gasteiger partial charge in [0.1, 0.15) is 0 Å². The quantitative estimate of drug-likeness (QED) is 0.863. The third-order valence-corrected chi connectivity index (χ3v) is 5.45. The Hall–Kier alpha value is -0.950. The number of methoxy groups -OCH3 is 1. The average Bonchev–Trinajstić information content (AvgIpc) is 3.16. The highest BCUT2D eigenvalue weighted by atomic mass is 19.3. The number of nitrogens with one attached hydrogen (secondary N) is 1. The molecule has 0 aromatic heterocycles. The van der Waals surface area contributed by atoms with Crippen LogP contribution >= 0.6 is 0 Å². The number of nitrogens with zero attached hydrogens (tertiary/aromatic N) is 1. The summed E-state index contributed by atoms with van der Waals surface area (Å²) in [6.07, 6.45) is 0.854. The normalized spacial score (nSPS) is 37.8. The molecule has 22 heavy (non-hydrogen) atoms. The number of hydrogen-bond acceptors (Lipinski definition) is 3. The predicted octanol–water partition coefficient (Wildman–Crippen LogP) is 2.01. The number of carbonyl (C=O) groups excluding carboxylic acids is 1. The van der Waals surface area contributed by atoms with Gasteiger partial charge in [0.25, 0.3) is 0 Å². The lowest BCUT2D eigenvalue weighted by Crippen LogP contribution is -2.52. The van der Waals surface area contributed by atoms with Crippen LogP contribution < -0.4 is 5.32 Å². The zero-order valence-corrected chi connectivity index (χ0v) is 12.9. The minimum Gasteiger partial charge on any atom is -0.376 e. The highest BCUT2D eigenvalue weighted by Crippen LogP contribution is 2.37. The van der Waals surface area contributed by atoms with Gasteiger partial charge in [0.05, 0.1) is 24.4 Å². The lowest BCUT2D eigenvalue weighted by atomic mass is 9.78. The largest absolute Gasteiger partial charge is 0.376 e. The Morgan fingerprint density at radius 2 is 2.18 bits per heavy atom. The van der Waals surface area contributed by atoms with Crippen LogP contribution in [0.5, 0.6) is 0 Å². The summed E-state index contributed by atoms with van der Waals surface area (Å²) >= 11 is 0. The van der Waals surface area contributed by atoms with E-state index in [4.69, 9.17) is 9.47 Å². The number of fused-ring (bicyclic) bond motifs is 2. The van der Waals surface area contributed by atoms with E-state index in [1.807, 2.05) is 4.90 Å². The Balaban J connectivity index is 1.50. The fourth-order valence-corrected chi connectivity index (χ4v) is 3.86. The van der Waals surface area contributed by atoms with Crippen molar-refractivity contribution < 1.29 is 23.0 Å². The maximum Gasteiger partial charge on any atom is 0.317 e. The third-order valence-electron chi connectivity index (χ3n) is 5.45. The van der Waals surface area contributed by atoms with Gasteiger partial charge in [-0.05, 0) is 32.1 Å². The highest BCUT2D eigenvalue weighted by molar-refractivity contribution is 5.75. The van der Waals surface area contributed by atoms with E-state index >= 15 is 0 Å². The van der Waals surface area contributed by atoms with E-state index in [1.165, 1.54) is 0 Å². The Bertz CT molecular complexity index is 414. The number of alkyl halides is 2. The lowest BCUT2D eigenvalue weighted by Gasteiger charge is -2.39. The Morgan fingerprint density at radius 1 is 1.45 bits per heavy atom. The topological polar surface area (TPSA) is 50.8 Å². The molecule has 2 atom stereocenters. The lowest BCUT2D eigenvalue weighted by molar-refractivity contribution is -0.0657. The molecule has 0 aromatic carbocycles. The zero-order chi connectivity index (χ0) is 15.7. The molecule has 1 aliphatic carbocycles. The first-order valence-corrected chi connectivity index (χ1v) is 8.02. The van der Waals surface area contributed by atoms with E-state index in [2.05, 4.69) is 5.32 Å². The number of morpholine rings is 1. The third kappa shape index (κ3) is 3.06. The SMILES string of the molecule is COC1(CNC(=O)N2C[C@@H]3C[C@H]2CO3)CCC(C(F)F)CC1. The number of likely N-dealkylation sites (tertiary alicyclic amines) is 1. The van der Waals surface area contributed by atoms with Crippen LogP contribution in [0.4, 0.5) is 13.6 Å². The number of carbonyl (C=O) groups is 1. The molecule has 0 aromatic rings. The molecule has 7 heteroatoms. The number of rotatable bonds is 4. The summed E-state index contributed by atoms with van der Waals surface area (Å²) in [5.74, 6) is -0.537. The standard InChI is InChI=1S/C15H24F2N2O3/c1-21-15(4-2-10(3-5-15)13(16)17)9-18-14(20)19-7-12-6-11(19)8-22-12/h10-13H,2-9H2,1H3,(H,18,20)/t10?,11-,12-,15?/m0/s1. The summed E-state index contributed by atoms with van der Waals surface area (Å²) in [6.45, 7) is 1.64. The molecule has 1 N–H and O–H groups in total. The summed E-state index contributed by atoms with van der Waals surface area (Å²) in [5, 5.41) is 2.93. The van der Waals surface area contributed by atoms with Gasteiger partial charge in [-0.2, -0.15) is 0 Å². The van der Waals surface area contributed by atoms with Crippen LogP contribution in [-0.2, 0) is 9.47 Å². The summed E-state index contributed by atoms with van der Waals surface area (Å²) < 4.78 is 36.6. The molecule has 2 saturated heterocycles. The summed E-state index contributed by atoms with van der Waals surface area (Å²) in [4.78, 5) is 14.1. The summed E-state index contributed by atoms with van der Waals surface area (Å²) in [6, 6.07) is 0.0845. The monoisotopic (exact) mass is 318 g/mol. The first kappa shape index (κ1) is 15.9. The molecule has 2 heterocycles. The van der Waals surface area contributed by atoms with Gasteiger partial charge < -0.3 is 19.7 Å². The van der Waals surface area contributed by atoms with Gasteiger partial charge in [-0.1, -0.05) is 0 Å². The predicted molar refractivity (Wildman–Crippen MR) is 76.0 cm³/mol. The molecule has 5 nitrogen and oxygen atoms in total. The van der Waals surface area contributed by atoms with Crippen LogP contribution in [-0.4, -0.2) is 61.9 Å². The molecule has 2 amide bonds. The van der Waals surface area contributed by atoms with Crippen molar-refractivity contribution in [3.05, 3.63) is 0 Å². The van der Waals surface area contributed by atoms with Crippen LogP contribution in [0.25, 0.3) is 0 Å². The molecule has 3 aliphatic rings.